The Morgan fingerprint density at radius 1 is 1.44 bits per heavy atom. The van der Waals surface area contributed by atoms with Gasteiger partial charge >= 0.3 is 0 Å². The van der Waals surface area contributed by atoms with Gasteiger partial charge < -0.3 is 19.9 Å². The van der Waals surface area contributed by atoms with Crippen LogP contribution in [-0.4, -0.2) is 50.7 Å². The molecule has 0 aromatic heterocycles. The molecule has 1 heterocycles. The average molecular weight is 231 g/mol. The first-order chi connectivity index (χ1) is 7.86. The highest BCUT2D eigenvalue weighted by Crippen LogP contribution is 2.14. The number of aliphatic hydroxyl groups is 1. The van der Waals surface area contributed by atoms with Crippen molar-refractivity contribution >= 4 is 0 Å². The van der Waals surface area contributed by atoms with Gasteiger partial charge in [-0.25, -0.2) is 0 Å². The van der Waals surface area contributed by atoms with E-state index in [1.165, 1.54) is 0 Å². The van der Waals surface area contributed by atoms with Crippen molar-refractivity contribution in [3.63, 3.8) is 0 Å². The minimum absolute atomic E-state index is 0.180. The lowest BCUT2D eigenvalue weighted by Gasteiger charge is -2.22. The number of hydrogen-bond acceptors (Lipinski definition) is 4. The van der Waals surface area contributed by atoms with Crippen molar-refractivity contribution in [1.29, 1.82) is 0 Å². The number of ether oxygens (including phenoxy) is 2. The molecule has 1 rings (SSSR count). The maximum atomic E-state index is 9.07. The average Bonchev–Trinajstić information content (AvgIpc) is 2.34. The quantitative estimate of drug-likeness (QED) is 0.606. The second-order valence-electron chi connectivity index (χ2n) is 4.36. The van der Waals surface area contributed by atoms with Crippen molar-refractivity contribution in [3.8, 4) is 0 Å². The fourth-order valence-electron chi connectivity index (χ4n) is 1.94. The van der Waals surface area contributed by atoms with Crippen LogP contribution < -0.4 is 5.32 Å². The van der Waals surface area contributed by atoms with Crippen molar-refractivity contribution < 1.29 is 14.6 Å². The van der Waals surface area contributed by atoms with Crippen molar-refractivity contribution in [1.82, 2.24) is 5.32 Å². The van der Waals surface area contributed by atoms with Crippen molar-refractivity contribution in [2.24, 2.45) is 5.92 Å². The predicted octanol–water partition coefficient (Wildman–Crippen LogP) is 0.790. The zero-order valence-electron chi connectivity index (χ0n) is 10.3. The van der Waals surface area contributed by atoms with Gasteiger partial charge in [-0.15, -0.1) is 0 Å². The third-order valence-electron chi connectivity index (χ3n) is 3.02. The molecule has 1 unspecified atom stereocenters. The van der Waals surface area contributed by atoms with E-state index in [0.29, 0.717) is 5.92 Å². The highest BCUT2D eigenvalue weighted by atomic mass is 16.5. The smallest absolute Gasteiger partial charge is 0.0585 e. The SMILES string of the molecule is CCNC(CO)CCOCC1CCOCC1. The Kier molecular flexibility index (Phi) is 7.76. The maximum absolute atomic E-state index is 9.07. The molecular formula is C12H25NO3. The third-order valence-corrected chi connectivity index (χ3v) is 3.02. The zero-order valence-corrected chi connectivity index (χ0v) is 10.3. The summed E-state index contributed by atoms with van der Waals surface area (Å²) < 4.78 is 10.9. The standard InChI is InChI=1S/C12H25NO3/c1-2-13-12(9-14)5-8-16-10-11-3-6-15-7-4-11/h11-14H,2-10H2,1H3. The minimum atomic E-state index is 0.180. The molecule has 0 aliphatic carbocycles. The summed E-state index contributed by atoms with van der Waals surface area (Å²) in [6.45, 7) is 6.46. The molecule has 0 radical (unpaired) electrons. The van der Waals surface area contributed by atoms with E-state index in [1.807, 2.05) is 6.92 Å². The topological polar surface area (TPSA) is 50.7 Å². The largest absolute Gasteiger partial charge is 0.395 e. The summed E-state index contributed by atoms with van der Waals surface area (Å²) in [5.74, 6) is 0.667. The summed E-state index contributed by atoms with van der Waals surface area (Å²) in [6.07, 6.45) is 3.13. The van der Waals surface area contributed by atoms with E-state index in [9.17, 15) is 0 Å². The van der Waals surface area contributed by atoms with Crippen LogP contribution in [0.3, 0.4) is 0 Å². The van der Waals surface area contributed by atoms with Crippen molar-refractivity contribution in [3.05, 3.63) is 0 Å². The molecule has 1 fully saturated rings. The molecule has 4 nitrogen and oxygen atoms in total. The number of rotatable bonds is 8. The van der Waals surface area contributed by atoms with Gasteiger partial charge in [0.15, 0.2) is 0 Å². The van der Waals surface area contributed by atoms with E-state index < -0.39 is 0 Å². The molecule has 96 valence electrons. The molecule has 1 saturated heterocycles. The van der Waals surface area contributed by atoms with Crippen LogP contribution in [0.1, 0.15) is 26.2 Å². The molecule has 0 spiro atoms. The Morgan fingerprint density at radius 2 is 2.19 bits per heavy atom. The number of aliphatic hydroxyl groups excluding tert-OH is 1. The molecule has 1 atom stereocenters. The molecule has 2 N–H and O–H groups in total. The molecule has 0 saturated carbocycles. The second-order valence-corrected chi connectivity index (χ2v) is 4.36. The molecule has 4 heteroatoms. The van der Waals surface area contributed by atoms with Gasteiger partial charge in [-0.05, 0) is 31.7 Å². The Bertz CT molecular complexity index is 154. The van der Waals surface area contributed by atoms with E-state index in [4.69, 9.17) is 14.6 Å². The van der Waals surface area contributed by atoms with E-state index in [1.54, 1.807) is 0 Å². The van der Waals surface area contributed by atoms with Gasteiger partial charge in [-0.3, -0.25) is 0 Å². The molecule has 0 aromatic rings. The lowest BCUT2D eigenvalue weighted by molar-refractivity contribution is 0.0176. The fraction of sp³-hybridized carbons (Fsp3) is 1.00. The highest BCUT2D eigenvalue weighted by molar-refractivity contribution is 4.65. The summed E-state index contributed by atoms with van der Waals surface area (Å²) in [6, 6.07) is 0.180. The van der Waals surface area contributed by atoms with Gasteiger partial charge in [-0.1, -0.05) is 6.92 Å². The molecule has 0 amide bonds. The van der Waals surface area contributed by atoms with Gasteiger partial charge in [0.25, 0.3) is 0 Å². The molecule has 0 aromatic carbocycles. The molecule has 0 bridgehead atoms. The molecule has 1 aliphatic heterocycles. The van der Waals surface area contributed by atoms with Crippen LogP contribution >= 0.6 is 0 Å². The van der Waals surface area contributed by atoms with Crippen LogP contribution in [0.15, 0.2) is 0 Å². The van der Waals surface area contributed by atoms with Gasteiger partial charge in [0.05, 0.1) is 6.61 Å². The maximum Gasteiger partial charge on any atom is 0.0585 e. The van der Waals surface area contributed by atoms with Gasteiger partial charge in [0.2, 0.25) is 0 Å². The van der Waals surface area contributed by atoms with Crippen LogP contribution in [0.4, 0.5) is 0 Å². The number of likely N-dealkylation sites (N-methyl/N-ethyl adjacent to an activating group) is 1. The lowest BCUT2D eigenvalue weighted by atomic mass is 10.0. The van der Waals surface area contributed by atoms with E-state index >= 15 is 0 Å². The predicted molar refractivity (Wildman–Crippen MR) is 63.5 cm³/mol. The van der Waals surface area contributed by atoms with Crippen molar-refractivity contribution in [2.75, 3.05) is 39.6 Å². The summed E-state index contributed by atoms with van der Waals surface area (Å²) in [4.78, 5) is 0. The lowest BCUT2D eigenvalue weighted by Crippen LogP contribution is -2.33. The Morgan fingerprint density at radius 3 is 2.81 bits per heavy atom. The van der Waals surface area contributed by atoms with E-state index in [-0.39, 0.29) is 12.6 Å². The van der Waals surface area contributed by atoms with Gasteiger partial charge in [0.1, 0.15) is 0 Å². The minimum Gasteiger partial charge on any atom is -0.395 e. The van der Waals surface area contributed by atoms with Crippen molar-refractivity contribution in [2.45, 2.75) is 32.2 Å². The summed E-state index contributed by atoms with van der Waals surface area (Å²) in [5.41, 5.74) is 0. The fourth-order valence-corrected chi connectivity index (χ4v) is 1.94. The first kappa shape index (κ1) is 13.9. The zero-order chi connectivity index (χ0) is 11.6. The van der Waals surface area contributed by atoms with E-state index in [2.05, 4.69) is 5.32 Å². The van der Waals surface area contributed by atoms with Crippen LogP contribution in [0.25, 0.3) is 0 Å². The summed E-state index contributed by atoms with van der Waals surface area (Å²) in [7, 11) is 0. The second kappa shape index (κ2) is 8.93. The first-order valence-corrected chi connectivity index (χ1v) is 6.36. The molecule has 1 aliphatic rings. The Labute approximate surface area is 98.3 Å². The van der Waals surface area contributed by atoms with Crippen LogP contribution in [0, 0.1) is 5.92 Å². The monoisotopic (exact) mass is 231 g/mol. The summed E-state index contributed by atoms with van der Waals surface area (Å²) >= 11 is 0. The molecular weight excluding hydrogens is 206 g/mol. The number of hydrogen-bond donors (Lipinski definition) is 2. The third kappa shape index (κ3) is 5.80. The van der Waals surface area contributed by atoms with Gasteiger partial charge in [0, 0.05) is 32.5 Å². The summed E-state index contributed by atoms with van der Waals surface area (Å²) in [5, 5.41) is 12.3. The Hall–Kier alpha value is -0.160. The van der Waals surface area contributed by atoms with Crippen LogP contribution in [-0.2, 0) is 9.47 Å². The Balaban J connectivity index is 1.97. The first-order valence-electron chi connectivity index (χ1n) is 6.36. The van der Waals surface area contributed by atoms with Crippen LogP contribution in [0.5, 0.6) is 0 Å². The van der Waals surface area contributed by atoms with Gasteiger partial charge in [-0.2, -0.15) is 0 Å². The highest BCUT2D eigenvalue weighted by Gasteiger charge is 2.14. The van der Waals surface area contributed by atoms with Crippen LogP contribution in [0.2, 0.25) is 0 Å². The molecule has 16 heavy (non-hydrogen) atoms. The normalized spacial score (nSPS) is 19.9. The number of nitrogens with one attached hydrogen (secondary N) is 1. The van der Waals surface area contributed by atoms with E-state index in [0.717, 1.165) is 52.2 Å².